The molecule has 1 aromatic heterocycles. The molecule has 0 saturated carbocycles. The van der Waals surface area contributed by atoms with Crippen molar-refractivity contribution < 1.29 is 14.7 Å². The molecule has 2 aromatic carbocycles. The zero-order chi connectivity index (χ0) is 17.8. The molecule has 4 N–H and O–H groups in total. The standard InChI is InChI=1S/C18H17N3O3S/c19-16(22)10-9-14(18(23)24)20-12-6-2-1-5-11(12)17-21-13-7-3-4-8-15(13)25-17/h1-8,14,20H,9-10H2,(H2,19,22)(H,23,24)/t14-/m0/s1. The number of hydrogen-bond acceptors (Lipinski definition) is 5. The summed E-state index contributed by atoms with van der Waals surface area (Å²) in [4.78, 5) is 27.1. The summed E-state index contributed by atoms with van der Waals surface area (Å²) in [7, 11) is 0. The predicted molar refractivity (Wildman–Crippen MR) is 98.5 cm³/mol. The first-order valence-electron chi connectivity index (χ1n) is 7.77. The van der Waals surface area contributed by atoms with Crippen LogP contribution in [-0.2, 0) is 9.59 Å². The fourth-order valence-electron chi connectivity index (χ4n) is 2.51. The average molecular weight is 355 g/mol. The van der Waals surface area contributed by atoms with Gasteiger partial charge in [-0.25, -0.2) is 9.78 Å². The Morgan fingerprint density at radius 2 is 1.88 bits per heavy atom. The molecule has 0 fully saturated rings. The van der Waals surface area contributed by atoms with Crippen LogP contribution in [0.1, 0.15) is 12.8 Å². The molecular formula is C18H17N3O3S. The third-order valence-electron chi connectivity index (χ3n) is 3.76. The summed E-state index contributed by atoms with van der Waals surface area (Å²) in [6, 6.07) is 14.3. The number of aliphatic carboxylic acids is 1. The van der Waals surface area contributed by atoms with E-state index in [0.717, 1.165) is 20.8 Å². The van der Waals surface area contributed by atoms with Gasteiger partial charge in [-0.2, -0.15) is 0 Å². The molecule has 3 rings (SSSR count). The molecule has 0 unspecified atom stereocenters. The Labute approximate surface area is 148 Å². The number of amides is 1. The van der Waals surface area contributed by atoms with E-state index in [1.54, 1.807) is 11.3 Å². The number of nitrogens with one attached hydrogen (secondary N) is 1. The number of para-hydroxylation sites is 2. The lowest BCUT2D eigenvalue weighted by Crippen LogP contribution is -2.31. The highest BCUT2D eigenvalue weighted by Crippen LogP contribution is 2.34. The Morgan fingerprint density at radius 1 is 1.16 bits per heavy atom. The van der Waals surface area contributed by atoms with Crippen molar-refractivity contribution in [3.8, 4) is 10.6 Å². The van der Waals surface area contributed by atoms with Crippen molar-refractivity contribution in [3.05, 3.63) is 48.5 Å². The molecule has 0 radical (unpaired) electrons. The quantitative estimate of drug-likeness (QED) is 0.604. The van der Waals surface area contributed by atoms with Crippen molar-refractivity contribution in [2.45, 2.75) is 18.9 Å². The van der Waals surface area contributed by atoms with Crippen molar-refractivity contribution >= 4 is 39.1 Å². The van der Waals surface area contributed by atoms with E-state index >= 15 is 0 Å². The van der Waals surface area contributed by atoms with E-state index in [1.807, 2.05) is 48.5 Å². The lowest BCUT2D eigenvalue weighted by molar-refractivity contribution is -0.138. The molecule has 6 nitrogen and oxygen atoms in total. The van der Waals surface area contributed by atoms with Gasteiger partial charge >= 0.3 is 5.97 Å². The van der Waals surface area contributed by atoms with Crippen LogP contribution >= 0.6 is 11.3 Å². The molecule has 0 aliphatic rings. The number of carbonyl (C=O) groups excluding carboxylic acids is 1. The van der Waals surface area contributed by atoms with Crippen LogP contribution in [0.4, 0.5) is 5.69 Å². The molecule has 1 atom stereocenters. The van der Waals surface area contributed by atoms with Crippen molar-refractivity contribution in [1.82, 2.24) is 4.98 Å². The first-order chi connectivity index (χ1) is 12.0. The minimum Gasteiger partial charge on any atom is -0.480 e. The van der Waals surface area contributed by atoms with Crippen molar-refractivity contribution in [2.75, 3.05) is 5.32 Å². The summed E-state index contributed by atoms with van der Waals surface area (Å²) in [5.41, 5.74) is 7.53. The summed E-state index contributed by atoms with van der Waals surface area (Å²) in [5.74, 6) is -1.55. The lowest BCUT2D eigenvalue weighted by Gasteiger charge is -2.17. The molecule has 0 saturated heterocycles. The van der Waals surface area contributed by atoms with Gasteiger partial charge in [0.2, 0.25) is 5.91 Å². The zero-order valence-electron chi connectivity index (χ0n) is 13.3. The maximum Gasteiger partial charge on any atom is 0.326 e. The number of primary amides is 1. The number of benzene rings is 2. The molecule has 3 aromatic rings. The largest absolute Gasteiger partial charge is 0.480 e. The number of rotatable bonds is 7. The fraction of sp³-hybridized carbons (Fsp3) is 0.167. The van der Waals surface area contributed by atoms with Gasteiger partial charge in [0.15, 0.2) is 0 Å². The molecule has 1 amide bonds. The number of fused-ring (bicyclic) bond motifs is 1. The van der Waals surface area contributed by atoms with Gasteiger partial charge in [0.25, 0.3) is 0 Å². The number of nitrogens with zero attached hydrogens (tertiary/aromatic N) is 1. The van der Waals surface area contributed by atoms with Gasteiger partial charge in [-0.1, -0.05) is 24.3 Å². The number of anilines is 1. The minimum absolute atomic E-state index is 0.00721. The van der Waals surface area contributed by atoms with Gasteiger partial charge in [0.1, 0.15) is 11.0 Å². The molecule has 0 aliphatic heterocycles. The Hall–Kier alpha value is -2.93. The van der Waals surface area contributed by atoms with E-state index in [2.05, 4.69) is 10.3 Å². The summed E-state index contributed by atoms with van der Waals surface area (Å²) < 4.78 is 1.07. The number of carboxylic acids is 1. The molecule has 0 spiro atoms. The summed E-state index contributed by atoms with van der Waals surface area (Å²) in [5, 5.41) is 13.2. The van der Waals surface area contributed by atoms with E-state index in [9.17, 15) is 14.7 Å². The van der Waals surface area contributed by atoms with Crippen LogP contribution < -0.4 is 11.1 Å². The second-order valence-electron chi connectivity index (χ2n) is 5.57. The van der Waals surface area contributed by atoms with Crippen LogP contribution in [-0.4, -0.2) is 28.0 Å². The van der Waals surface area contributed by atoms with Gasteiger partial charge in [-0.3, -0.25) is 4.79 Å². The van der Waals surface area contributed by atoms with Crippen LogP contribution in [0.2, 0.25) is 0 Å². The summed E-state index contributed by atoms with van der Waals surface area (Å²) >= 11 is 1.55. The van der Waals surface area contributed by atoms with Gasteiger partial charge < -0.3 is 16.2 Å². The Kier molecular flexibility index (Phi) is 4.95. The fourth-order valence-corrected chi connectivity index (χ4v) is 3.52. The minimum atomic E-state index is -1.03. The zero-order valence-corrected chi connectivity index (χ0v) is 14.1. The van der Waals surface area contributed by atoms with Crippen LogP contribution in [0.25, 0.3) is 20.8 Å². The Bertz CT molecular complexity index is 890. The monoisotopic (exact) mass is 355 g/mol. The number of nitrogens with two attached hydrogens (primary N) is 1. The molecule has 0 aliphatic carbocycles. The van der Waals surface area contributed by atoms with Crippen LogP contribution in [0.5, 0.6) is 0 Å². The van der Waals surface area contributed by atoms with E-state index in [4.69, 9.17) is 5.73 Å². The maximum absolute atomic E-state index is 11.5. The number of carboxylic acid groups (broad SMARTS) is 1. The highest BCUT2D eigenvalue weighted by atomic mass is 32.1. The van der Waals surface area contributed by atoms with E-state index in [1.165, 1.54) is 0 Å². The molecule has 25 heavy (non-hydrogen) atoms. The number of thiazole rings is 1. The van der Waals surface area contributed by atoms with Gasteiger partial charge in [0.05, 0.1) is 10.2 Å². The smallest absolute Gasteiger partial charge is 0.326 e. The number of aromatic nitrogens is 1. The van der Waals surface area contributed by atoms with E-state index < -0.39 is 17.9 Å². The Balaban J connectivity index is 1.92. The first-order valence-corrected chi connectivity index (χ1v) is 8.59. The first kappa shape index (κ1) is 16.9. The topological polar surface area (TPSA) is 105 Å². The molecule has 7 heteroatoms. The maximum atomic E-state index is 11.5. The summed E-state index contributed by atoms with van der Waals surface area (Å²) in [6.07, 6.45) is 0.131. The van der Waals surface area contributed by atoms with Gasteiger partial charge in [-0.15, -0.1) is 11.3 Å². The molecule has 0 bridgehead atoms. The molecular weight excluding hydrogens is 338 g/mol. The number of carbonyl (C=O) groups is 2. The third-order valence-corrected chi connectivity index (χ3v) is 4.83. The van der Waals surface area contributed by atoms with Crippen molar-refractivity contribution in [2.24, 2.45) is 5.73 Å². The van der Waals surface area contributed by atoms with Crippen LogP contribution in [0.15, 0.2) is 48.5 Å². The van der Waals surface area contributed by atoms with E-state index in [-0.39, 0.29) is 12.8 Å². The normalized spacial score (nSPS) is 12.0. The van der Waals surface area contributed by atoms with Gasteiger partial charge in [0, 0.05) is 17.7 Å². The lowest BCUT2D eigenvalue weighted by atomic mass is 10.1. The van der Waals surface area contributed by atoms with Gasteiger partial charge in [-0.05, 0) is 30.7 Å². The van der Waals surface area contributed by atoms with Crippen LogP contribution in [0, 0.1) is 0 Å². The predicted octanol–water partition coefficient (Wildman–Crippen LogP) is 3.09. The highest BCUT2D eigenvalue weighted by Gasteiger charge is 2.20. The second kappa shape index (κ2) is 7.31. The van der Waals surface area contributed by atoms with E-state index in [0.29, 0.717) is 5.69 Å². The average Bonchev–Trinajstić information content (AvgIpc) is 3.02. The third kappa shape index (κ3) is 3.95. The number of hydrogen-bond donors (Lipinski definition) is 3. The van der Waals surface area contributed by atoms with Crippen LogP contribution in [0.3, 0.4) is 0 Å². The SMILES string of the molecule is NC(=O)CC[C@H](Nc1ccccc1-c1nc2ccccc2s1)C(=O)O. The highest BCUT2D eigenvalue weighted by molar-refractivity contribution is 7.21. The summed E-state index contributed by atoms with van der Waals surface area (Å²) in [6.45, 7) is 0. The van der Waals surface area contributed by atoms with Crippen molar-refractivity contribution in [3.63, 3.8) is 0 Å². The molecule has 1 heterocycles. The molecule has 128 valence electrons. The Morgan fingerprint density at radius 3 is 2.60 bits per heavy atom. The van der Waals surface area contributed by atoms with Crippen molar-refractivity contribution in [1.29, 1.82) is 0 Å². The second-order valence-corrected chi connectivity index (χ2v) is 6.60.